The van der Waals surface area contributed by atoms with Gasteiger partial charge >= 0.3 is 12.2 Å². The van der Waals surface area contributed by atoms with Crippen molar-refractivity contribution < 1.29 is 22.3 Å². The highest BCUT2D eigenvalue weighted by Gasteiger charge is 2.34. The van der Waals surface area contributed by atoms with Crippen molar-refractivity contribution >= 4 is 27.6 Å². The summed E-state index contributed by atoms with van der Waals surface area (Å²) in [7, 11) is 0. The number of aromatic nitrogens is 4. The largest absolute Gasteiger partial charge is 0.459 e. The third-order valence-corrected chi connectivity index (χ3v) is 6.89. The summed E-state index contributed by atoms with van der Waals surface area (Å²) >= 11 is 0. The van der Waals surface area contributed by atoms with E-state index in [9.17, 15) is 22.4 Å². The lowest BCUT2D eigenvalue weighted by Gasteiger charge is -2.23. The molecule has 0 saturated carbocycles. The highest BCUT2D eigenvalue weighted by Crippen LogP contribution is 2.35. The van der Waals surface area contributed by atoms with E-state index < -0.39 is 34.5 Å². The van der Waals surface area contributed by atoms with Crippen molar-refractivity contribution in [1.29, 1.82) is 0 Å². The monoisotopic (exact) mass is 585 g/mol. The molecule has 0 saturated heterocycles. The zero-order valence-electron chi connectivity index (χ0n) is 22.6. The number of benzene rings is 3. The fourth-order valence-electron chi connectivity index (χ4n) is 4.93. The average Bonchev–Trinajstić information content (AvgIpc) is 2.99. The van der Waals surface area contributed by atoms with Crippen LogP contribution in [0.15, 0.2) is 102 Å². The Morgan fingerprint density at radius 3 is 2.49 bits per heavy atom. The summed E-state index contributed by atoms with van der Waals surface area (Å²) in [6, 6.07) is 22.4. The highest BCUT2D eigenvalue weighted by atomic mass is 19.4. The molecule has 0 amide bonds. The van der Waals surface area contributed by atoms with Gasteiger partial charge in [-0.1, -0.05) is 48.5 Å². The second kappa shape index (κ2) is 11.2. The summed E-state index contributed by atoms with van der Waals surface area (Å²) in [5, 5.41) is 2.81. The molecule has 0 bridgehead atoms. The summed E-state index contributed by atoms with van der Waals surface area (Å²) in [4.78, 5) is 27.2. The van der Waals surface area contributed by atoms with E-state index in [1.165, 1.54) is 36.4 Å². The van der Waals surface area contributed by atoms with Gasteiger partial charge in [-0.05, 0) is 60.3 Å². The van der Waals surface area contributed by atoms with Crippen LogP contribution in [0.5, 0.6) is 6.01 Å². The Labute approximate surface area is 242 Å². The first-order valence-corrected chi connectivity index (χ1v) is 13.3. The number of hydrogen-bond donors (Lipinski definition) is 1. The van der Waals surface area contributed by atoms with Crippen LogP contribution in [0, 0.1) is 5.82 Å². The average molecular weight is 586 g/mol. The topological polar surface area (TPSA) is 81.9 Å². The number of ether oxygens (including phenoxy) is 1. The van der Waals surface area contributed by atoms with E-state index in [4.69, 9.17) is 4.74 Å². The van der Waals surface area contributed by atoms with Crippen molar-refractivity contribution in [2.24, 2.45) is 0 Å². The van der Waals surface area contributed by atoms with Crippen LogP contribution in [0.1, 0.15) is 29.8 Å². The van der Waals surface area contributed by atoms with Crippen molar-refractivity contribution in [2.75, 3.05) is 5.32 Å². The van der Waals surface area contributed by atoms with Crippen LogP contribution in [-0.2, 0) is 12.8 Å². The molecule has 216 valence electrons. The molecule has 0 unspecified atom stereocenters. The van der Waals surface area contributed by atoms with E-state index in [2.05, 4.69) is 20.3 Å². The number of alkyl halides is 3. The number of rotatable bonds is 7. The predicted molar refractivity (Wildman–Crippen MR) is 155 cm³/mol. The van der Waals surface area contributed by atoms with Gasteiger partial charge in [0.25, 0.3) is 5.56 Å². The molecular formula is C32H23F4N5O2. The zero-order chi connectivity index (χ0) is 30.1. The fourth-order valence-corrected chi connectivity index (χ4v) is 4.93. The van der Waals surface area contributed by atoms with E-state index in [1.54, 1.807) is 25.3 Å². The maximum atomic E-state index is 14.3. The van der Waals surface area contributed by atoms with E-state index in [1.807, 2.05) is 30.3 Å². The first kappa shape index (κ1) is 27.8. The van der Waals surface area contributed by atoms with Crippen LogP contribution >= 0.6 is 0 Å². The van der Waals surface area contributed by atoms with Crippen molar-refractivity contribution in [1.82, 2.24) is 19.5 Å². The molecule has 1 N–H and O–H groups in total. The van der Waals surface area contributed by atoms with Gasteiger partial charge in [0.2, 0.25) is 0 Å². The normalized spacial score (nSPS) is 12.4. The lowest BCUT2D eigenvalue weighted by molar-refractivity contribution is -0.136. The Balaban J connectivity index is 1.47. The van der Waals surface area contributed by atoms with Gasteiger partial charge in [0.15, 0.2) is 5.82 Å². The number of nitrogens with one attached hydrogen (secondary N) is 1. The van der Waals surface area contributed by atoms with E-state index in [-0.39, 0.29) is 35.2 Å². The van der Waals surface area contributed by atoms with Gasteiger partial charge in [0, 0.05) is 11.9 Å². The Morgan fingerprint density at radius 2 is 1.72 bits per heavy atom. The minimum atomic E-state index is -4.77. The van der Waals surface area contributed by atoms with Crippen LogP contribution in [0.25, 0.3) is 27.5 Å². The minimum Gasteiger partial charge on any atom is -0.459 e. The molecule has 43 heavy (non-hydrogen) atoms. The highest BCUT2D eigenvalue weighted by molar-refractivity contribution is 5.87. The number of anilines is 1. The third-order valence-electron chi connectivity index (χ3n) is 6.89. The Hall–Kier alpha value is -5.32. The van der Waals surface area contributed by atoms with Crippen molar-refractivity contribution in [2.45, 2.75) is 25.7 Å². The standard InChI is InChI=1S/C32H23F4N5O2/c1-19(38-29-28-25(14-7-15-37-28)39-31(40-29)43-18-20-8-3-2-4-9-20)26-16-21-10-5-13-24(32(34,35)36)27(21)30(42)41(26)23-12-6-11-22(33)17-23/h2-17,19H,18H2,1H3,(H,38,39,40)/t19-/m0/s1. The maximum absolute atomic E-state index is 14.3. The molecule has 3 heterocycles. The van der Waals surface area contributed by atoms with Gasteiger partial charge in [-0.25, -0.2) is 4.39 Å². The quantitative estimate of drug-likeness (QED) is 0.199. The Kier molecular flexibility index (Phi) is 7.22. The lowest BCUT2D eigenvalue weighted by Crippen LogP contribution is -2.27. The molecule has 0 aliphatic carbocycles. The number of fused-ring (bicyclic) bond motifs is 2. The predicted octanol–water partition coefficient (Wildman–Crippen LogP) is 7.24. The smallest absolute Gasteiger partial charge is 0.417 e. The van der Waals surface area contributed by atoms with Gasteiger partial charge in [0.05, 0.1) is 28.2 Å². The molecule has 1 atom stereocenters. The molecule has 6 rings (SSSR count). The Morgan fingerprint density at radius 1 is 0.930 bits per heavy atom. The van der Waals surface area contributed by atoms with Crippen LogP contribution < -0.4 is 15.6 Å². The lowest BCUT2D eigenvalue weighted by atomic mass is 10.0. The SMILES string of the molecule is C[C@H](Nc1nc(OCc2ccccc2)nc2cccnc12)c1cc2cccc(C(F)(F)F)c2c(=O)n1-c1cccc(F)c1. The van der Waals surface area contributed by atoms with Crippen LogP contribution in [0.3, 0.4) is 0 Å². The van der Waals surface area contributed by atoms with Gasteiger partial charge in [-0.3, -0.25) is 14.3 Å². The molecule has 0 spiro atoms. The first-order chi connectivity index (χ1) is 20.7. The number of nitrogens with zero attached hydrogens (tertiary/aromatic N) is 4. The molecule has 11 heteroatoms. The van der Waals surface area contributed by atoms with Crippen LogP contribution in [-0.4, -0.2) is 19.5 Å². The third kappa shape index (κ3) is 5.61. The maximum Gasteiger partial charge on any atom is 0.417 e. The molecule has 3 aromatic heterocycles. The molecule has 0 aliphatic heterocycles. The summed E-state index contributed by atoms with van der Waals surface area (Å²) in [6.45, 7) is 1.93. The Bertz CT molecular complexity index is 2010. The number of halogens is 4. The summed E-state index contributed by atoms with van der Waals surface area (Å²) in [6.07, 6.45) is -3.20. The number of hydrogen-bond acceptors (Lipinski definition) is 6. The molecular weight excluding hydrogens is 562 g/mol. The number of pyridine rings is 2. The molecule has 6 aromatic rings. The second-order valence-corrected chi connectivity index (χ2v) is 9.82. The summed E-state index contributed by atoms with van der Waals surface area (Å²) in [5.74, 6) is -0.366. The van der Waals surface area contributed by atoms with Gasteiger partial charge in [-0.15, -0.1) is 0 Å². The summed E-state index contributed by atoms with van der Waals surface area (Å²) in [5.41, 5.74) is 0.166. The molecule has 0 radical (unpaired) electrons. The zero-order valence-corrected chi connectivity index (χ0v) is 22.6. The molecule has 0 fully saturated rings. The van der Waals surface area contributed by atoms with Gasteiger partial charge in [-0.2, -0.15) is 23.1 Å². The van der Waals surface area contributed by atoms with Crippen molar-refractivity contribution in [3.05, 3.63) is 130 Å². The van der Waals surface area contributed by atoms with Crippen LogP contribution in [0.4, 0.5) is 23.4 Å². The van der Waals surface area contributed by atoms with Gasteiger partial charge < -0.3 is 10.1 Å². The molecule has 3 aromatic carbocycles. The van der Waals surface area contributed by atoms with Gasteiger partial charge in [0.1, 0.15) is 17.9 Å². The van der Waals surface area contributed by atoms with E-state index in [0.29, 0.717) is 11.0 Å². The molecule has 7 nitrogen and oxygen atoms in total. The fraction of sp³-hybridized carbons (Fsp3) is 0.125. The minimum absolute atomic E-state index is 0.0741. The molecule has 0 aliphatic rings. The van der Waals surface area contributed by atoms with E-state index >= 15 is 0 Å². The summed E-state index contributed by atoms with van der Waals surface area (Å²) < 4.78 is 63.1. The first-order valence-electron chi connectivity index (χ1n) is 13.3. The van der Waals surface area contributed by atoms with Crippen molar-refractivity contribution in [3.8, 4) is 11.7 Å². The van der Waals surface area contributed by atoms with Crippen LogP contribution in [0.2, 0.25) is 0 Å². The van der Waals surface area contributed by atoms with Crippen molar-refractivity contribution in [3.63, 3.8) is 0 Å². The van der Waals surface area contributed by atoms with E-state index in [0.717, 1.165) is 22.3 Å². The second-order valence-electron chi connectivity index (χ2n) is 9.82.